The van der Waals surface area contributed by atoms with Gasteiger partial charge in [-0.2, -0.15) is 0 Å². The van der Waals surface area contributed by atoms with Crippen LogP contribution in [0.2, 0.25) is 0 Å². The van der Waals surface area contributed by atoms with E-state index < -0.39 is 0 Å². The van der Waals surface area contributed by atoms with E-state index in [9.17, 15) is 4.79 Å². The predicted octanol–water partition coefficient (Wildman–Crippen LogP) is 1.57. The van der Waals surface area contributed by atoms with Crippen molar-refractivity contribution in [2.75, 3.05) is 26.3 Å². The fourth-order valence-electron chi connectivity index (χ4n) is 3.08. The van der Waals surface area contributed by atoms with Gasteiger partial charge in [0.05, 0.1) is 24.3 Å². The van der Waals surface area contributed by atoms with E-state index in [1.165, 1.54) is 6.42 Å². The summed E-state index contributed by atoms with van der Waals surface area (Å²) in [6, 6.07) is 1.81. The monoisotopic (exact) mass is 313 g/mol. The smallest absolute Gasteiger partial charge is 0.255 e. The van der Waals surface area contributed by atoms with Gasteiger partial charge in [-0.1, -0.05) is 31.1 Å². The molecule has 5 nitrogen and oxygen atoms in total. The van der Waals surface area contributed by atoms with Crippen molar-refractivity contribution in [3.63, 3.8) is 0 Å². The largest absolute Gasteiger partial charge is 0.378 e. The minimum atomic E-state index is -0.386. The summed E-state index contributed by atoms with van der Waals surface area (Å²) in [6.45, 7) is 2.43. The lowest BCUT2D eigenvalue weighted by atomic mass is 9.83. The van der Waals surface area contributed by atoms with E-state index in [1.807, 2.05) is 6.07 Å². The first-order chi connectivity index (χ1) is 11.2. The Morgan fingerprint density at radius 1 is 1.22 bits per heavy atom. The average Bonchev–Trinajstić information content (AvgIpc) is 2.61. The second kappa shape index (κ2) is 7.12. The molecule has 1 aliphatic heterocycles. The summed E-state index contributed by atoms with van der Waals surface area (Å²) in [4.78, 5) is 18.4. The van der Waals surface area contributed by atoms with E-state index in [1.54, 1.807) is 17.3 Å². The van der Waals surface area contributed by atoms with Crippen LogP contribution in [0.25, 0.3) is 0 Å². The quantitative estimate of drug-likeness (QED) is 0.799. The summed E-state index contributed by atoms with van der Waals surface area (Å²) < 4.78 is 5.28. The van der Waals surface area contributed by atoms with Crippen molar-refractivity contribution < 1.29 is 9.53 Å². The standard InChI is InChI=1S/C18H23N3O2/c19-18(5-2-1-3-6-18)7-4-15-12-16(14-20-13-15)17(22)21-8-10-23-11-9-21/h12-14H,1-3,5-6,8-11,19H2. The normalized spacial score (nSPS) is 20.5. The highest BCUT2D eigenvalue weighted by atomic mass is 16.5. The van der Waals surface area contributed by atoms with Crippen LogP contribution in [0.15, 0.2) is 18.5 Å². The Kier molecular flexibility index (Phi) is 4.94. The second-order valence-corrected chi connectivity index (χ2v) is 6.33. The molecule has 1 aliphatic carbocycles. The Balaban J connectivity index is 1.73. The number of ether oxygens (including phenoxy) is 1. The number of pyridine rings is 1. The summed E-state index contributed by atoms with van der Waals surface area (Å²) in [6.07, 6.45) is 8.69. The molecule has 2 heterocycles. The van der Waals surface area contributed by atoms with Gasteiger partial charge in [-0.3, -0.25) is 9.78 Å². The van der Waals surface area contributed by atoms with Crippen molar-refractivity contribution in [1.82, 2.24) is 9.88 Å². The van der Waals surface area contributed by atoms with E-state index in [0.29, 0.717) is 31.9 Å². The molecular weight excluding hydrogens is 290 g/mol. The number of hydrogen-bond acceptors (Lipinski definition) is 4. The zero-order valence-corrected chi connectivity index (χ0v) is 13.4. The van der Waals surface area contributed by atoms with Crippen LogP contribution >= 0.6 is 0 Å². The van der Waals surface area contributed by atoms with Crippen LogP contribution in [0.5, 0.6) is 0 Å². The Morgan fingerprint density at radius 2 is 1.96 bits per heavy atom. The molecule has 0 radical (unpaired) electrons. The van der Waals surface area contributed by atoms with Crippen molar-refractivity contribution in [3.05, 3.63) is 29.6 Å². The SMILES string of the molecule is NC1(C#Cc2cncc(C(=O)N3CCOCC3)c2)CCCCC1. The van der Waals surface area contributed by atoms with Crippen LogP contribution in [-0.2, 0) is 4.74 Å². The maximum Gasteiger partial charge on any atom is 0.255 e. The summed E-state index contributed by atoms with van der Waals surface area (Å²) in [5.74, 6) is 6.31. The Hall–Kier alpha value is -1.90. The van der Waals surface area contributed by atoms with Crippen LogP contribution in [-0.4, -0.2) is 47.6 Å². The summed E-state index contributed by atoms with van der Waals surface area (Å²) in [5, 5.41) is 0. The van der Waals surface area contributed by atoms with E-state index in [0.717, 1.165) is 31.2 Å². The molecule has 0 unspecified atom stereocenters. The van der Waals surface area contributed by atoms with Gasteiger partial charge in [0.15, 0.2) is 0 Å². The average molecular weight is 313 g/mol. The van der Waals surface area contributed by atoms with E-state index in [-0.39, 0.29) is 11.4 Å². The molecule has 1 aromatic rings. The number of hydrogen-bond donors (Lipinski definition) is 1. The van der Waals surface area contributed by atoms with Crippen molar-refractivity contribution in [1.29, 1.82) is 0 Å². The van der Waals surface area contributed by atoms with Crippen molar-refractivity contribution in [2.24, 2.45) is 5.73 Å². The minimum absolute atomic E-state index is 0.00965. The zero-order valence-electron chi connectivity index (χ0n) is 13.4. The van der Waals surface area contributed by atoms with Gasteiger partial charge in [0.1, 0.15) is 0 Å². The molecule has 0 atom stereocenters. The predicted molar refractivity (Wildman–Crippen MR) is 87.8 cm³/mol. The van der Waals surface area contributed by atoms with Crippen LogP contribution < -0.4 is 5.73 Å². The van der Waals surface area contributed by atoms with Crippen LogP contribution in [0, 0.1) is 11.8 Å². The fraction of sp³-hybridized carbons (Fsp3) is 0.556. The van der Waals surface area contributed by atoms with Crippen molar-refractivity contribution in [2.45, 2.75) is 37.6 Å². The lowest BCUT2D eigenvalue weighted by molar-refractivity contribution is 0.0302. The number of carbonyl (C=O) groups excluding carboxylic acids is 1. The number of carbonyl (C=O) groups is 1. The van der Waals surface area contributed by atoms with Gasteiger partial charge in [-0.05, 0) is 18.9 Å². The molecule has 1 saturated heterocycles. The third kappa shape index (κ3) is 4.10. The fourth-order valence-corrected chi connectivity index (χ4v) is 3.08. The van der Waals surface area contributed by atoms with Gasteiger partial charge in [0.2, 0.25) is 0 Å². The Morgan fingerprint density at radius 3 is 2.70 bits per heavy atom. The molecule has 2 fully saturated rings. The van der Waals surface area contributed by atoms with Gasteiger partial charge in [0.25, 0.3) is 5.91 Å². The lowest BCUT2D eigenvalue weighted by Gasteiger charge is -2.27. The number of amides is 1. The molecular formula is C18H23N3O2. The number of nitrogens with zero attached hydrogens (tertiary/aromatic N) is 2. The topological polar surface area (TPSA) is 68.5 Å². The van der Waals surface area contributed by atoms with Gasteiger partial charge >= 0.3 is 0 Å². The molecule has 1 amide bonds. The van der Waals surface area contributed by atoms with Gasteiger partial charge in [0, 0.05) is 31.0 Å². The summed E-state index contributed by atoms with van der Waals surface area (Å²) in [5.41, 5.74) is 7.28. The Bertz CT molecular complexity index is 621. The maximum absolute atomic E-state index is 12.5. The van der Waals surface area contributed by atoms with Crippen LogP contribution in [0.1, 0.15) is 48.0 Å². The summed E-state index contributed by atoms with van der Waals surface area (Å²) in [7, 11) is 0. The minimum Gasteiger partial charge on any atom is -0.378 e. The second-order valence-electron chi connectivity index (χ2n) is 6.33. The summed E-state index contributed by atoms with van der Waals surface area (Å²) >= 11 is 0. The van der Waals surface area contributed by atoms with Gasteiger partial charge in [-0.25, -0.2) is 0 Å². The molecule has 122 valence electrons. The number of nitrogens with two attached hydrogens (primary N) is 1. The lowest BCUT2D eigenvalue weighted by Crippen LogP contribution is -2.40. The number of aromatic nitrogens is 1. The molecule has 0 aromatic carbocycles. The van der Waals surface area contributed by atoms with Crippen LogP contribution in [0.4, 0.5) is 0 Å². The molecule has 0 bridgehead atoms. The van der Waals surface area contributed by atoms with Gasteiger partial charge in [-0.15, -0.1) is 0 Å². The van der Waals surface area contributed by atoms with E-state index in [4.69, 9.17) is 10.5 Å². The molecule has 23 heavy (non-hydrogen) atoms. The van der Waals surface area contributed by atoms with Gasteiger partial charge < -0.3 is 15.4 Å². The highest BCUT2D eigenvalue weighted by Gasteiger charge is 2.24. The molecule has 0 spiro atoms. The first-order valence-electron chi connectivity index (χ1n) is 8.30. The molecule has 2 aliphatic rings. The van der Waals surface area contributed by atoms with E-state index >= 15 is 0 Å². The number of morpholine rings is 1. The molecule has 3 rings (SSSR count). The van der Waals surface area contributed by atoms with Crippen LogP contribution in [0.3, 0.4) is 0 Å². The molecule has 2 N–H and O–H groups in total. The van der Waals surface area contributed by atoms with Crippen molar-refractivity contribution >= 4 is 5.91 Å². The zero-order chi connectivity index (χ0) is 16.1. The molecule has 1 aromatic heterocycles. The highest BCUT2D eigenvalue weighted by Crippen LogP contribution is 2.25. The molecule has 1 saturated carbocycles. The maximum atomic E-state index is 12.5. The first kappa shape index (κ1) is 16.0. The third-order valence-electron chi connectivity index (χ3n) is 4.49. The van der Waals surface area contributed by atoms with E-state index in [2.05, 4.69) is 16.8 Å². The first-order valence-corrected chi connectivity index (χ1v) is 8.30. The number of rotatable bonds is 1. The molecule has 5 heteroatoms. The van der Waals surface area contributed by atoms with Crippen molar-refractivity contribution in [3.8, 4) is 11.8 Å². The highest BCUT2D eigenvalue weighted by molar-refractivity contribution is 5.94. The Labute approximate surface area is 137 Å². The third-order valence-corrected chi connectivity index (χ3v) is 4.49.